The van der Waals surface area contributed by atoms with Crippen molar-refractivity contribution in [2.75, 3.05) is 24.6 Å². The Labute approximate surface area is 184 Å². The number of hydrogen-bond acceptors (Lipinski definition) is 4. The van der Waals surface area contributed by atoms with Crippen molar-refractivity contribution < 1.29 is 14.7 Å². The maximum atomic E-state index is 13.8. The van der Waals surface area contributed by atoms with Crippen molar-refractivity contribution in [2.24, 2.45) is 5.92 Å². The van der Waals surface area contributed by atoms with Crippen LogP contribution in [0.4, 0.5) is 5.69 Å². The van der Waals surface area contributed by atoms with Crippen LogP contribution in [0.25, 0.3) is 5.57 Å². The van der Waals surface area contributed by atoms with Gasteiger partial charge in [0.2, 0.25) is 0 Å². The Morgan fingerprint density at radius 3 is 2.39 bits per heavy atom. The molecule has 1 N–H and O–H groups in total. The first-order valence-corrected chi connectivity index (χ1v) is 11.0. The van der Waals surface area contributed by atoms with E-state index in [1.54, 1.807) is 0 Å². The van der Waals surface area contributed by atoms with E-state index >= 15 is 0 Å². The second kappa shape index (κ2) is 8.31. The van der Waals surface area contributed by atoms with Crippen LogP contribution in [0.2, 0.25) is 0 Å². The van der Waals surface area contributed by atoms with Gasteiger partial charge in [0.05, 0.1) is 11.3 Å². The molecule has 0 spiro atoms. The van der Waals surface area contributed by atoms with Crippen molar-refractivity contribution in [1.29, 1.82) is 0 Å². The average molecular weight is 419 g/mol. The molecular formula is C26H30N2O3. The topological polar surface area (TPSA) is 60.9 Å². The zero-order valence-corrected chi connectivity index (χ0v) is 18.7. The number of benzene rings is 2. The molecule has 1 fully saturated rings. The molecule has 5 heteroatoms. The molecule has 2 aliphatic heterocycles. The van der Waals surface area contributed by atoms with Gasteiger partial charge in [-0.15, -0.1) is 0 Å². The molecule has 2 aromatic rings. The van der Waals surface area contributed by atoms with Crippen molar-refractivity contribution >= 4 is 23.1 Å². The van der Waals surface area contributed by atoms with E-state index in [0.29, 0.717) is 30.0 Å². The Bertz CT molecular complexity index is 1090. The van der Waals surface area contributed by atoms with Crippen molar-refractivity contribution in [3.05, 3.63) is 69.9 Å². The van der Waals surface area contributed by atoms with Gasteiger partial charge in [0, 0.05) is 19.7 Å². The van der Waals surface area contributed by atoms with Crippen LogP contribution in [0.1, 0.15) is 40.7 Å². The Morgan fingerprint density at radius 1 is 0.935 bits per heavy atom. The number of rotatable bonds is 4. The molecule has 0 bridgehead atoms. The minimum atomic E-state index is -0.275. The first-order chi connectivity index (χ1) is 14.8. The lowest BCUT2D eigenvalue weighted by Gasteiger charge is -2.34. The van der Waals surface area contributed by atoms with Crippen molar-refractivity contribution in [1.82, 2.24) is 4.90 Å². The molecule has 31 heavy (non-hydrogen) atoms. The highest BCUT2D eigenvalue weighted by Gasteiger charge is 2.43. The molecule has 162 valence electrons. The summed E-state index contributed by atoms with van der Waals surface area (Å²) in [4.78, 5) is 30.9. The minimum Gasteiger partial charge on any atom is -0.396 e. The number of nitrogens with zero attached hydrogens (tertiary/aromatic N) is 2. The summed E-state index contributed by atoms with van der Waals surface area (Å²) in [6.07, 6.45) is 1.82. The summed E-state index contributed by atoms with van der Waals surface area (Å²) in [5, 5.41) is 9.71. The lowest BCUT2D eigenvalue weighted by atomic mass is 9.96. The van der Waals surface area contributed by atoms with Gasteiger partial charge >= 0.3 is 0 Å². The molecule has 2 heterocycles. The van der Waals surface area contributed by atoms with Crippen LogP contribution >= 0.6 is 0 Å². The van der Waals surface area contributed by atoms with Crippen LogP contribution in [0.15, 0.2) is 42.1 Å². The van der Waals surface area contributed by atoms with E-state index in [1.165, 1.54) is 4.90 Å². The molecule has 2 amide bonds. The first-order valence-electron chi connectivity index (χ1n) is 11.0. The van der Waals surface area contributed by atoms with E-state index in [4.69, 9.17) is 0 Å². The molecule has 0 aromatic heterocycles. The molecule has 1 unspecified atom stereocenters. The van der Waals surface area contributed by atoms with E-state index in [0.717, 1.165) is 40.7 Å². The number of aliphatic hydroxyl groups excluding tert-OH is 1. The third-order valence-electron chi connectivity index (χ3n) is 6.55. The van der Waals surface area contributed by atoms with Crippen LogP contribution in [-0.4, -0.2) is 41.5 Å². The van der Waals surface area contributed by atoms with Crippen molar-refractivity contribution in [3.8, 4) is 0 Å². The summed E-state index contributed by atoms with van der Waals surface area (Å²) in [6.45, 7) is 9.32. The molecule has 5 nitrogen and oxygen atoms in total. The number of piperidine rings is 1. The van der Waals surface area contributed by atoms with Crippen LogP contribution < -0.4 is 4.90 Å². The molecular weight excluding hydrogens is 388 g/mol. The number of carbonyl (C=O) groups is 2. The van der Waals surface area contributed by atoms with E-state index in [1.807, 2.05) is 69.0 Å². The van der Waals surface area contributed by atoms with E-state index < -0.39 is 0 Å². The number of imide groups is 1. The summed E-state index contributed by atoms with van der Waals surface area (Å²) >= 11 is 0. The quantitative estimate of drug-likeness (QED) is 0.765. The van der Waals surface area contributed by atoms with Crippen LogP contribution in [0.5, 0.6) is 0 Å². The van der Waals surface area contributed by atoms with Gasteiger partial charge in [-0.05, 0) is 80.3 Å². The second-order valence-corrected chi connectivity index (χ2v) is 8.90. The fraction of sp³-hybridized carbons (Fsp3) is 0.385. The number of anilines is 1. The summed E-state index contributed by atoms with van der Waals surface area (Å²) < 4.78 is 0. The predicted molar refractivity (Wildman–Crippen MR) is 123 cm³/mol. The number of hydrogen-bond donors (Lipinski definition) is 1. The highest BCUT2D eigenvalue weighted by atomic mass is 16.3. The molecule has 4 rings (SSSR count). The van der Waals surface area contributed by atoms with Crippen molar-refractivity contribution in [3.63, 3.8) is 0 Å². The van der Waals surface area contributed by atoms with Gasteiger partial charge in [0.1, 0.15) is 5.70 Å². The standard InChI is InChI=1S/C26H30N2O3/c1-16-7-8-18(3)22(12-16)28-25(30)23(21-10-9-17(2)19(4)13-21)24(26(28)31)27-11-5-6-20(14-27)15-29/h7-10,12-13,20,29H,5-6,11,14-15H2,1-4H3. The number of carbonyl (C=O) groups excluding carboxylic acids is 2. The fourth-order valence-electron chi connectivity index (χ4n) is 4.56. The Kier molecular flexibility index (Phi) is 5.71. The van der Waals surface area contributed by atoms with Gasteiger partial charge in [-0.2, -0.15) is 0 Å². The van der Waals surface area contributed by atoms with Gasteiger partial charge < -0.3 is 10.0 Å². The smallest absolute Gasteiger partial charge is 0.282 e. The maximum absolute atomic E-state index is 13.8. The third-order valence-corrected chi connectivity index (χ3v) is 6.55. The molecule has 0 radical (unpaired) electrons. The number of aliphatic hydroxyl groups is 1. The van der Waals surface area contributed by atoms with Gasteiger partial charge in [-0.3, -0.25) is 9.59 Å². The lowest BCUT2D eigenvalue weighted by molar-refractivity contribution is -0.120. The molecule has 1 saturated heterocycles. The number of aryl methyl sites for hydroxylation is 4. The molecule has 0 aliphatic carbocycles. The normalized spacial score (nSPS) is 19.6. The average Bonchev–Trinajstić information content (AvgIpc) is 3.02. The molecule has 2 aliphatic rings. The SMILES string of the molecule is Cc1ccc(C)c(N2C(=O)C(c3ccc(C)c(C)c3)=C(N3CCCC(CO)C3)C2=O)c1. The first kappa shape index (κ1) is 21.3. The van der Waals surface area contributed by atoms with Crippen LogP contribution in [0.3, 0.4) is 0 Å². The zero-order chi connectivity index (χ0) is 22.3. The Hall–Kier alpha value is -2.92. The Morgan fingerprint density at radius 2 is 1.68 bits per heavy atom. The summed E-state index contributed by atoms with van der Waals surface area (Å²) in [5.74, 6) is -0.437. The van der Waals surface area contributed by atoms with Crippen LogP contribution in [-0.2, 0) is 9.59 Å². The highest BCUT2D eigenvalue weighted by Crippen LogP contribution is 2.38. The predicted octanol–water partition coefficient (Wildman–Crippen LogP) is 3.91. The van der Waals surface area contributed by atoms with Gasteiger partial charge in [-0.25, -0.2) is 4.90 Å². The maximum Gasteiger partial charge on any atom is 0.282 e. The third kappa shape index (κ3) is 3.79. The summed E-state index contributed by atoms with van der Waals surface area (Å²) in [7, 11) is 0. The molecule has 0 saturated carbocycles. The lowest BCUT2D eigenvalue weighted by Crippen LogP contribution is -2.40. The van der Waals surface area contributed by atoms with E-state index in [2.05, 4.69) is 0 Å². The zero-order valence-electron chi connectivity index (χ0n) is 18.7. The molecule has 2 aromatic carbocycles. The fourth-order valence-corrected chi connectivity index (χ4v) is 4.56. The van der Waals surface area contributed by atoms with E-state index in [-0.39, 0.29) is 24.3 Å². The second-order valence-electron chi connectivity index (χ2n) is 8.90. The summed E-state index contributed by atoms with van der Waals surface area (Å²) in [6, 6.07) is 11.8. The highest BCUT2D eigenvalue weighted by molar-refractivity contribution is 6.45. The van der Waals surface area contributed by atoms with Crippen molar-refractivity contribution in [2.45, 2.75) is 40.5 Å². The van der Waals surface area contributed by atoms with Gasteiger partial charge in [0.15, 0.2) is 0 Å². The summed E-state index contributed by atoms with van der Waals surface area (Å²) in [5.41, 5.74) is 6.46. The molecule has 1 atom stereocenters. The van der Waals surface area contributed by atoms with Gasteiger partial charge in [0.25, 0.3) is 11.8 Å². The Balaban J connectivity index is 1.86. The number of amides is 2. The monoisotopic (exact) mass is 418 g/mol. The minimum absolute atomic E-state index is 0.0889. The largest absolute Gasteiger partial charge is 0.396 e. The number of likely N-dealkylation sites (tertiary alicyclic amines) is 1. The van der Waals surface area contributed by atoms with Crippen LogP contribution in [0, 0.1) is 33.6 Å². The van der Waals surface area contributed by atoms with Gasteiger partial charge in [-0.1, -0.05) is 30.3 Å². The van der Waals surface area contributed by atoms with E-state index in [9.17, 15) is 14.7 Å².